The van der Waals surface area contributed by atoms with E-state index in [2.05, 4.69) is 44.3 Å². The molecule has 1 fully saturated rings. The molecule has 0 spiro atoms. The number of benzene rings is 2. The number of aryl methyl sites for hydroxylation is 2. The van der Waals surface area contributed by atoms with E-state index in [1.54, 1.807) is 71.1 Å². The summed E-state index contributed by atoms with van der Waals surface area (Å²) in [7, 11) is 14.2. The summed E-state index contributed by atoms with van der Waals surface area (Å²) < 4.78 is 66.0. The summed E-state index contributed by atoms with van der Waals surface area (Å²) in [6.07, 6.45) is 4.86. The first kappa shape index (κ1) is 74.8. The Morgan fingerprint density at radius 2 is 1.44 bits per heavy atom. The van der Waals surface area contributed by atoms with Gasteiger partial charge in [0.05, 0.1) is 90.7 Å². The zero-order chi connectivity index (χ0) is 67.5. The molecule has 2 aromatic carbocycles. The molecule has 1 aliphatic heterocycles. The van der Waals surface area contributed by atoms with Crippen LogP contribution < -0.4 is 25.6 Å². The van der Waals surface area contributed by atoms with Crippen molar-refractivity contribution in [3.05, 3.63) is 122 Å². The molecule has 482 valence electrons. The fraction of sp³-hybridized carbons (Fsp3) is 0.415. The van der Waals surface area contributed by atoms with Gasteiger partial charge in [-0.25, -0.2) is 65.7 Å². The number of thioether (sulfide) groups is 1. The lowest BCUT2D eigenvalue weighted by molar-refractivity contribution is -0.139. The highest BCUT2D eigenvalue weighted by molar-refractivity contribution is 8.13. The number of nitrogens with one attached hydrogen (secondary N) is 1. The number of tetrazole rings is 1. The van der Waals surface area contributed by atoms with Crippen LogP contribution in [0.1, 0.15) is 69.7 Å². The standard InChI is InChI=1S/C16H21N5O4S.C10H13NO5S.C8H10N2O4.C7H5N3.C7H12N2O3.C5H9N3O2/c1-4-10-25-15(22)21-14(17-18-19-21)26-16(23)20(5-2)11-12-8-6-7-9-13(12)24-3;1-15-9-5-4-7(10(12)16-2)6-8(9)11-17(3,13)14;1-10-4-9-5(7(11)13-2)6(10)8(12)14-3;1-9-7-5-10(2)4-6(7)3-8;1-4-12-6-5(10)8(2)7(11)9(6)3;1-6-4(9)7(2)8(3)5(6)10/h6-9H,4-5,10-11H2,1-3H3;4-6,11H,1-3H3;4H,1-3H3;4-5H,2H3;6H,4H2,1-3H3;1-3H3. The average Bonchev–Trinajstić information content (AvgIpc) is 2.27. The third-order valence-corrected chi connectivity index (χ3v) is 13.0. The van der Waals surface area contributed by atoms with Gasteiger partial charge in [-0.3, -0.25) is 24.1 Å². The van der Waals surface area contributed by atoms with Gasteiger partial charge in [-0.1, -0.05) is 25.1 Å². The Hall–Kier alpha value is -10.3. The van der Waals surface area contributed by atoms with Gasteiger partial charge in [0.2, 0.25) is 27.1 Å². The van der Waals surface area contributed by atoms with Crippen LogP contribution in [-0.4, -0.2) is 194 Å². The summed E-state index contributed by atoms with van der Waals surface area (Å²) in [6, 6.07) is 13.4. The molecule has 1 aliphatic rings. The summed E-state index contributed by atoms with van der Waals surface area (Å²) in [5, 5.41) is 19.0. The molecular formula is C53H70N16O18S2. The van der Waals surface area contributed by atoms with Crippen LogP contribution in [0.5, 0.6) is 11.5 Å². The first-order valence-electron chi connectivity index (χ1n) is 25.9. The van der Waals surface area contributed by atoms with Gasteiger partial charge in [-0.15, -0.1) is 9.78 Å². The molecule has 5 heterocycles. The van der Waals surface area contributed by atoms with E-state index in [0.29, 0.717) is 48.9 Å². The van der Waals surface area contributed by atoms with Crippen LogP contribution in [0.4, 0.5) is 25.8 Å². The second kappa shape index (κ2) is 36.0. The summed E-state index contributed by atoms with van der Waals surface area (Å²) in [4.78, 5) is 113. The molecule has 1 atom stereocenters. The number of rotatable bonds is 15. The number of imidazole rings is 1. The van der Waals surface area contributed by atoms with E-state index in [1.807, 2.05) is 44.2 Å². The van der Waals surface area contributed by atoms with E-state index >= 15 is 0 Å². The molecule has 6 aromatic rings. The molecule has 7 rings (SSSR count). The number of methoxy groups -OCH3 is 5. The number of aromatic nitrogens is 10. The lowest BCUT2D eigenvalue weighted by atomic mass is 10.2. The summed E-state index contributed by atoms with van der Waals surface area (Å²) in [5.74, 6) is -1.11. The number of esters is 3. The molecule has 1 saturated heterocycles. The van der Waals surface area contributed by atoms with E-state index in [-0.39, 0.29) is 63.0 Å². The fourth-order valence-corrected chi connectivity index (χ4v) is 8.27. The van der Waals surface area contributed by atoms with Gasteiger partial charge in [0.25, 0.3) is 11.1 Å². The van der Waals surface area contributed by atoms with Crippen molar-refractivity contribution in [1.29, 1.82) is 5.26 Å². The number of amides is 4. The molecule has 0 bridgehead atoms. The highest BCUT2D eigenvalue weighted by atomic mass is 32.2. The Kier molecular flexibility index (Phi) is 30.2. The van der Waals surface area contributed by atoms with Crippen LogP contribution in [0.3, 0.4) is 0 Å². The highest BCUT2D eigenvalue weighted by Crippen LogP contribution is 2.27. The number of imide groups is 1. The van der Waals surface area contributed by atoms with Gasteiger partial charge in [-0.05, 0) is 55.0 Å². The Balaban J connectivity index is 0.000000378. The van der Waals surface area contributed by atoms with Gasteiger partial charge in [0.15, 0.2) is 11.4 Å². The monoisotopic (exact) mass is 1280 g/mol. The van der Waals surface area contributed by atoms with Crippen molar-refractivity contribution < 1.29 is 75.1 Å². The largest absolute Gasteiger partial charge is 0.496 e. The highest BCUT2D eigenvalue weighted by Gasteiger charge is 2.41. The van der Waals surface area contributed by atoms with E-state index in [4.69, 9.17) is 30.8 Å². The van der Waals surface area contributed by atoms with Gasteiger partial charge in [0.1, 0.15) is 11.5 Å². The zero-order valence-corrected chi connectivity index (χ0v) is 53.4. The molecule has 89 heavy (non-hydrogen) atoms. The minimum Gasteiger partial charge on any atom is -0.496 e. The van der Waals surface area contributed by atoms with Crippen LogP contribution in [-0.2, 0) is 80.3 Å². The molecule has 1 N–H and O–H groups in total. The number of nitriles is 1. The van der Waals surface area contributed by atoms with E-state index in [9.17, 15) is 51.6 Å². The summed E-state index contributed by atoms with van der Waals surface area (Å²) in [5.41, 5.74) is 1.62. The van der Waals surface area contributed by atoms with Crippen molar-refractivity contribution in [3.8, 4) is 17.6 Å². The molecule has 34 nitrogen and oxygen atoms in total. The normalized spacial score (nSPS) is 12.0. The number of ether oxygens (including phenoxy) is 7. The Labute approximate surface area is 515 Å². The fourth-order valence-electron chi connectivity index (χ4n) is 6.96. The smallest absolute Gasteiger partial charge is 0.438 e. The van der Waals surface area contributed by atoms with Crippen LogP contribution >= 0.6 is 11.8 Å². The second-order valence-corrected chi connectivity index (χ2v) is 20.4. The second-order valence-electron chi connectivity index (χ2n) is 17.7. The minimum absolute atomic E-state index is 0.0400. The van der Waals surface area contributed by atoms with Gasteiger partial charge in [0, 0.05) is 92.2 Å². The van der Waals surface area contributed by atoms with Crippen molar-refractivity contribution in [3.63, 3.8) is 0 Å². The topological polar surface area (TPSA) is 383 Å². The Bertz CT molecular complexity index is 3690. The average molecular weight is 1280 g/mol. The minimum atomic E-state index is -3.44. The van der Waals surface area contributed by atoms with Gasteiger partial charge in [-0.2, -0.15) is 5.26 Å². The first-order valence-corrected chi connectivity index (χ1v) is 28.6. The third kappa shape index (κ3) is 21.2. The number of urea groups is 1. The molecule has 0 saturated carbocycles. The number of para-hydroxylation sites is 1. The maximum absolute atomic E-state index is 12.6. The third-order valence-electron chi connectivity index (χ3n) is 11.6. The molecule has 4 amide bonds. The lowest BCUT2D eigenvalue weighted by Crippen LogP contribution is -2.33. The van der Waals surface area contributed by atoms with Crippen LogP contribution in [0.2, 0.25) is 0 Å². The van der Waals surface area contributed by atoms with E-state index in [1.165, 1.54) is 85.9 Å². The van der Waals surface area contributed by atoms with Crippen LogP contribution in [0.15, 0.2) is 75.9 Å². The summed E-state index contributed by atoms with van der Waals surface area (Å²) >= 11 is 0.776. The molecule has 36 heteroatoms. The number of nitrogens with zero attached hydrogens (tertiary/aromatic N) is 15. The number of anilines is 1. The first-order chi connectivity index (χ1) is 42.0. The van der Waals surface area contributed by atoms with E-state index in [0.717, 1.165) is 37.7 Å². The SMILES string of the molecule is CCCOC(=O)n1nnnc1SC(=O)N(CC)Cc1ccccc1OC.CCOC1C(=O)N(C)C(=O)N1C.COC(=O)c1ccc(OC)c(NS(C)(=O)=O)c1.COC(=O)c1ncn(C)c1C(=O)OC.Cn1c(=O)n(C)n(C)c1=O.[C-]#[N+]c1cn(C)cc1C#N. The number of hydrogen-bond acceptors (Lipinski definition) is 24. The predicted molar refractivity (Wildman–Crippen MR) is 318 cm³/mol. The van der Waals surface area contributed by atoms with Crippen molar-refractivity contribution in [1.82, 2.24) is 63.0 Å². The van der Waals surface area contributed by atoms with Gasteiger partial charge >= 0.3 is 41.4 Å². The number of carbonyl (C=O) groups excluding carboxylic acids is 7. The number of carbonyl (C=O) groups is 7. The van der Waals surface area contributed by atoms with E-state index < -0.39 is 40.3 Å². The molecule has 1 unspecified atom stereocenters. The summed E-state index contributed by atoms with van der Waals surface area (Å²) in [6.45, 7) is 13.7. The van der Waals surface area contributed by atoms with Crippen LogP contribution in [0.25, 0.3) is 4.85 Å². The van der Waals surface area contributed by atoms with Crippen molar-refractivity contribution >= 4 is 74.3 Å². The Morgan fingerprint density at radius 3 is 1.91 bits per heavy atom. The molecule has 4 aromatic heterocycles. The number of likely N-dealkylation sites (N-methyl/N-ethyl adjacent to an activating group) is 2. The quantitative estimate of drug-likeness (QED) is 0.0384. The van der Waals surface area contributed by atoms with Crippen molar-refractivity contribution in [2.75, 3.05) is 80.4 Å². The van der Waals surface area contributed by atoms with Crippen LogP contribution in [0, 0.1) is 17.9 Å². The van der Waals surface area contributed by atoms with Gasteiger partial charge < -0.3 is 47.2 Å². The molecular weight excluding hydrogens is 1210 g/mol. The number of sulfonamides is 1. The Morgan fingerprint density at radius 1 is 0.831 bits per heavy atom. The molecule has 0 aliphatic carbocycles. The maximum atomic E-state index is 12.6. The number of hydrogen-bond donors (Lipinski definition) is 1. The zero-order valence-electron chi connectivity index (χ0n) is 51.8. The van der Waals surface area contributed by atoms with Crippen molar-refractivity contribution in [2.45, 2.75) is 45.1 Å². The maximum Gasteiger partial charge on any atom is 0.438 e. The van der Waals surface area contributed by atoms with Crippen molar-refractivity contribution in [2.24, 2.45) is 35.2 Å². The molecule has 0 radical (unpaired) electrons. The lowest BCUT2D eigenvalue weighted by Gasteiger charge is -2.21. The predicted octanol–water partition coefficient (Wildman–Crippen LogP) is 3.40.